The quantitative estimate of drug-likeness (QED) is 0.256. The van der Waals surface area contributed by atoms with E-state index in [1.807, 2.05) is 11.8 Å². The zero-order valence-corrected chi connectivity index (χ0v) is 22.8. The van der Waals surface area contributed by atoms with Crippen LogP contribution in [0.3, 0.4) is 0 Å². The lowest BCUT2D eigenvalue weighted by Gasteiger charge is -2.43. The Labute approximate surface area is 237 Å². The van der Waals surface area contributed by atoms with Gasteiger partial charge in [0.15, 0.2) is 17.3 Å². The molecule has 0 saturated carbocycles. The van der Waals surface area contributed by atoms with Crippen LogP contribution < -0.4 is 4.74 Å². The number of carbonyl (C=O) groups is 2. The van der Waals surface area contributed by atoms with E-state index >= 15 is 0 Å². The summed E-state index contributed by atoms with van der Waals surface area (Å²) in [5.74, 6) is -1.79. The number of nitrogens with zero attached hydrogens (tertiary/aromatic N) is 2. The van der Waals surface area contributed by atoms with E-state index in [0.29, 0.717) is 55.5 Å². The number of Topliss-reactive ketones (excluding diaryl/α,β-unsaturated/α-hetero) is 2. The average Bonchev–Trinajstić information content (AvgIpc) is 2.88. The molecule has 1 aliphatic heterocycles. The van der Waals surface area contributed by atoms with Gasteiger partial charge in [0.2, 0.25) is 5.75 Å². The van der Waals surface area contributed by atoms with E-state index in [-0.39, 0.29) is 45.8 Å². The molecule has 12 heteroatoms. The van der Waals surface area contributed by atoms with Crippen LogP contribution in [0.25, 0.3) is 0 Å². The average molecular weight is 595 g/mol. The number of ether oxygens (including phenoxy) is 1. The molecule has 7 nitrogen and oxygen atoms in total. The molecule has 0 radical (unpaired) electrons. The Morgan fingerprint density at radius 1 is 1.00 bits per heavy atom. The molecule has 0 N–H and O–H groups in total. The van der Waals surface area contributed by atoms with Crippen LogP contribution in [0.2, 0.25) is 10.0 Å². The topological polar surface area (TPSA) is 89.8 Å². The third kappa shape index (κ3) is 4.88. The number of rotatable bonds is 5. The number of hydrogen-bond donors (Lipinski definition) is 0. The summed E-state index contributed by atoms with van der Waals surface area (Å²) >= 11 is 12.9. The zero-order valence-electron chi connectivity index (χ0n) is 21.2. The fourth-order valence-electron chi connectivity index (χ4n) is 5.84. The van der Waals surface area contributed by atoms with E-state index in [4.69, 9.17) is 27.9 Å². The summed E-state index contributed by atoms with van der Waals surface area (Å²) in [6, 6.07) is 4.72. The van der Waals surface area contributed by atoms with Gasteiger partial charge in [-0.05, 0) is 56.9 Å². The largest absolute Gasteiger partial charge is 0.448 e. The van der Waals surface area contributed by atoms with Crippen LogP contribution in [0.1, 0.15) is 62.5 Å². The molecule has 40 heavy (non-hydrogen) atoms. The summed E-state index contributed by atoms with van der Waals surface area (Å²) in [5.41, 5.74) is 0.563. The Morgan fingerprint density at radius 3 is 2.12 bits per heavy atom. The molecule has 2 aromatic carbocycles. The smallest absolute Gasteiger partial charge is 0.416 e. The van der Waals surface area contributed by atoms with Gasteiger partial charge >= 0.3 is 11.9 Å². The summed E-state index contributed by atoms with van der Waals surface area (Å²) in [5, 5.41) is 11.8. The Morgan fingerprint density at radius 2 is 1.60 bits per heavy atom. The molecule has 0 atom stereocenters. The van der Waals surface area contributed by atoms with Gasteiger partial charge in [-0.2, -0.15) is 13.2 Å². The maximum atomic E-state index is 13.4. The fraction of sp³-hybridized carbons (Fsp3) is 0.357. The van der Waals surface area contributed by atoms with Gasteiger partial charge in [-0.3, -0.25) is 19.7 Å². The van der Waals surface area contributed by atoms with E-state index in [0.717, 1.165) is 17.5 Å². The predicted molar refractivity (Wildman–Crippen MR) is 142 cm³/mol. The highest BCUT2D eigenvalue weighted by molar-refractivity contribution is 6.35. The van der Waals surface area contributed by atoms with Gasteiger partial charge < -0.3 is 9.64 Å². The van der Waals surface area contributed by atoms with Crippen molar-refractivity contribution >= 4 is 40.5 Å². The van der Waals surface area contributed by atoms with Gasteiger partial charge in [-0.25, -0.2) is 0 Å². The molecule has 0 unspecified atom stereocenters. The Hall–Kier alpha value is -3.37. The van der Waals surface area contributed by atoms with E-state index in [1.165, 1.54) is 12.1 Å². The maximum absolute atomic E-state index is 13.4. The molecule has 0 amide bonds. The lowest BCUT2D eigenvalue weighted by Crippen LogP contribution is -2.39. The van der Waals surface area contributed by atoms with E-state index < -0.39 is 34.0 Å². The van der Waals surface area contributed by atoms with Crippen molar-refractivity contribution in [1.29, 1.82) is 0 Å². The number of benzene rings is 2. The van der Waals surface area contributed by atoms with Gasteiger partial charge in [0, 0.05) is 64.5 Å². The molecule has 0 fully saturated rings. The highest BCUT2D eigenvalue weighted by Crippen LogP contribution is 2.53. The molecule has 0 spiro atoms. The Kier molecular flexibility index (Phi) is 7.43. The monoisotopic (exact) mass is 594 g/mol. The number of nitro groups is 1. The van der Waals surface area contributed by atoms with Crippen molar-refractivity contribution in [2.24, 2.45) is 0 Å². The SMILES string of the molecule is CCN1C2=C(C(=O)CCC2)C(c2cc(Cl)cc(Cl)c2Oc2ccc(C(F)(F)F)cc2[N+](=O)[O-])C2=C1CCCC2=O. The van der Waals surface area contributed by atoms with Crippen LogP contribution in [0.5, 0.6) is 11.5 Å². The summed E-state index contributed by atoms with van der Waals surface area (Å²) < 4.78 is 45.7. The molecule has 0 saturated heterocycles. The Bertz CT molecular complexity index is 1470. The molecule has 2 aromatic rings. The summed E-state index contributed by atoms with van der Waals surface area (Å²) in [7, 11) is 0. The molecule has 2 aliphatic carbocycles. The highest BCUT2D eigenvalue weighted by atomic mass is 35.5. The van der Waals surface area contributed by atoms with Gasteiger partial charge in [0.25, 0.3) is 0 Å². The number of hydrogen-bond acceptors (Lipinski definition) is 6. The second-order valence-electron chi connectivity index (χ2n) is 9.80. The third-order valence-corrected chi connectivity index (χ3v) is 7.94. The van der Waals surface area contributed by atoms with Gasteiger partial charge in [0.05, 0.1) is 15.5 Å². The first kappa shape index (κ1) is 28.2. The molecule has 0 bridgehead atoms. The lowest BCUT2D eigenvalue weighted by atomic mass is 9.70. The molecule has 5 rings (SSSR count). The van der Waals surface area contributed by atoms with Crippen LogP contribution >= 0.6 is 23.2 Å². The highest BCUT2D eigenvalue weighted by Gasteiger charge is 2.44. The van der Waals surface area contributed by atoms with Crippen LogP contribution in [0.4, 0.5) is 18.9 Å². The van der Waals surface area contributed by atoms with Crippen molar-refractivity contribution < 1.29 is 32.4 Å². The van der Waals surface area contributed by atoms with Crippen molar-refractivity contribution in [3.8, 4) is 11.5 Å². The lowest BCUT2D eigenvalue weighted by molar-refractivity contribution is -0.385. The molecular formula is C28H23Cl2F3N2O5. The minimum absolute atomic E-state index is 0.0783. The standard InChI is InChI=1S/C28H23Cl2F3N2O5/c1-2-34-18-5-3-7-21(36)25(18)24(26-19(34)6-4-8-22(26)37)16-12-15(29)13-17(30)27(16)40-23-10-9-14(28(31,32)33)11-20(23)35(38)39/h9-13,24H,2-8H2,1H3. The van der Waals surface area contributed by atoms with Gasteiger partial charge in [-0.15, -0.1) is 0 Å². The van der Waals surface area contributed by atoms with Crippen molar-refractivity contribution in [3.63, 3.8) is 0 Å². The van der Waals surface area contributed by atoms with E-state index in [1.54, 1.807) is 0 Å². The van der Waals surface area contributed by atoms with Crippen LogP contribution in [0.15, 0.2) is 52.9 Å². The molecule has 1 heterocycles. The van der Waals surface area contributed by atoms with E-state index in [9.17, 15) is 32.9 Å². The second kappa shape index (κ2) is 10.6. The zero-order chi connectivity index (χ0) is 28.9. The fourth-order valence-corrected chi connectivity index (χ4v) is 6.39. The van der Waals surface area contributed by atoms with E-state index in [2.05, 4.69) is 0 Å². The van der Waals surface area contributed by atoms with Crippen LogP contribution in [-0.4, -0.2) is 27.9 Å². The first-order chi connectivity index (χ1) is 18.9. The number of allylic oxidation sites excluding steroid dienone is 4. The van der Waals surface area contributed by atoms with Gasteiger partial charge in [-0.1, -0.05) is 23.2 Å². The maximum Gasteiger partial charge on any atom is 0.416 e. The minimum atomic E-state index is -4.81. The molecular weight excluding hydrogens is 572 g/mol. The Balaban J connectivity index is 1.74. The summed E-state index contributed by atoms with van der Waals surface area (Å²) in [6.45, 7) is 2.50. The van der Waals surface area contributed by atoms with Crippen molar-refractivity contribution in [3.05, 3.63) is 84.2 Å². The first-order valence-corrected chi connectivity index (χ1v) is 13.5. The van der Waals surface area contributed by atoms with Crippen molar-refractivity contribution in [1.82, 2.24) is 4.90 Å². The summed E-state index contributed by atoms with van der Waals surface area (Å²) in [4.78, 5) is 39.7. The number of nitro benzene ring substituents is 1. The number of halogens is 5. The normalized spacial score (nSPS) is 18.2. The third-order valence-electron chi connectivity index (χ3n) is 7.45. The number of ketones is 2. The van der Waals surface area contributed by atoms with Gasteiger partial charge in [0.1, 0.15) is 0 Å². The van der Waals surface area contributed by atoms with Crippen molar-refractivity contribution in [2.45, 2.75) is 57.5 Å². The van der Waals surface area contributed by atoms with Crippen LogP contribution in [0, 0.1) is 10.1 Å². The molecule has 3 aliphatic rings. The summed E-state index contributed by atoms with van der Waals surface area (Å²) in [6.07, 6.45) is -1.73. The predicted octanol–water partition coefficient (Wildman–Crippen LogP) is 8.15. The van der Waals surface area contributed by atoms with Crippen molar-refractivity contribution in [2.75, 3.05) is 6.54 Å². The number of alkyl halides is 3. The molecule has 210 valence electrons. The number of carbonyl (C=O) groups excluding carboxylic acids is 2. The molecule has 0 aromatic heterocycles. The van der Waals surface area contributed by atoms with Crippen LogP contribution in [-0.2, 0) is 15.8 Å². The minimum Gasteiger partial charge on any atom is -0.448 e. The second-order valence-corrected chi connectivity index (χ2v) is 10.6. The first-order valence-electron chi connectivity index (χ1n) is 12.7.